The fraction of sp³-hybridized carbons (Fsp3) is 0.364. The van der Waals surface area contributed by atoms with Crippen LogP contribution in [0, 0.1) is 6.92 Å². The molecule has 26 heavy (non-hydrogen) atoms. The first-order chi connectivity index (χ1) is 12.5. The van der Waals surface area contributed by atoms with E-state index >= 15 is 0 Å². The molecule has 1 aromatic heterocycles. The highest BCUT2D eigenvalue weighted by Gasteiger charge is 2.38. The average molecular weight is 347 g/mol. The molecule has 1 N–H and O–H groups in total. The number of rotatable bonds is 4. The lowest BCUT2D eigenvalue weighted by molar-refractivity contribution is 0.0992. The smallest absolute Gasteiger partial charge is 0.259 e. The Labute approximate surface area is 154 Å². The summed E-state index contributed by atoms with van der Waals surface area (Å²) < 4.78 is 0. The number of pyridine rings is 1. The molecule has 2 unspecified atom stereocenters. The molecular weight excluding hydrogens is 322 g/mol. The molecule has 0 bridgehead atoms. The Kier molecular flexibility index (Phi) is 4.06. The standard InChI is InChI=1S/C22H25N3O/c1-5-14(3)24-20-9-8-16-19(20)11-23-12-21(16)25-15(4)18-10-13(2)6-7-17(18)22(25)26/h6-7,10-12,15,20,24H,3,5,8-9H2,1-2,4H3. The molecule has 4 nitrogen and oxygen atoms in total. The van der Waals surface area contributed by atoms with E-state index in [0.717, 1.165) is 41.8 Å². The highest BCUT2D eigenvalue weighted by atomic mass is 16.2. The van der Waals surface area contributed by atoms with Crippen LogP contribution in [-0.4, -0.2) is 10.9 Å². The Morgan fingerprint density at radius 1 is 1.35 bits per heavy atom. The third kappa shape index (κ3) is 2.52. The lowest BCUT2D eigenvalue weighted by Crippen LogP contribution is -2.27. The minimum Gasteiger partial charge on any atom is -0.382 e. The normalized spacial score (nSPS) is 20.9. The molecule has 4 heteroatoms. The van der Waals surface area contributed by atoms with Crippen LogP contribution in [0.3, 0.4) is 0 Å². The van der Waals surface area contributed by atoms with E-state index in [9.17, 15) is 4.79 Å². The SMILES string of the molecule is C=C(CC)NC1CCc2c1cncc2N1C(=O)c2ccc(C)cc2C1C. The van der Waals surface area contributed by atoms with Gasteiger partial charge in [-0.15, -0.1) is 0 Å². The molecule has 1 aliphatic heterocycles. The van der Waals surface area contributed by atoms with Gasteiger partial charge in [-0.1, -0.05) is 31.2 Å². The lowest BCUT2D eigenvalue weighted by Gasteiger charge is -2.25. The van der Waals surface area contributed by atoms with Gasteiger partial charge < -0.3 is 5.32 Å². The van der Waals surface area contributed by atoms with E-state index in [1.165, 1.54) is 16.7 Å². The molecule has 1 aromatic carbocycles. The van der Waals surface area contributed by atoms with Crippen LogP contribution in [0.4, 0.5) is 5.69 Å². The summed E-state index contributed by atoms with van der Waals surface area (Å²) in [6.07, 6.45) is 6.66. The topological polar surface area (TPSA) is 45.2 Å². The van der Waals surface area contributed by atoms with Gasteiger partial charge in [-0.2, -0.15) is 0 Å². The summed E-state index contributed by atoms with van der Waals surface area (Å²) in [6, 6.07) is 6.36. The largest absolute Gasteiger partial charge is 0.382 e. The number of hydrogen-bond donors (Lipinski definition) is 1. The van der Waals surface area contributed by atoms with Crippen LogP contribution >= 0.6 is 0 Å². The van der Waals surface area contributed by atoms with Crippen molar-refractivity contribution in [3.8, 4) is 0 Å². The van der Waals surface area contributed by atoms with Crippen molar-refractivity contribution in [3.63, 3.8) is 0 Å². The molecule has 0 spiro atoms. The van der Waals surface area contributed by atoms with Gasteiger partial charge in [0.15, 0.2) is 0 Å². The van der Waals surface area contributed by atoms with Crippen LogP contribution in [0.5, 0.6) is 0 Å². The third-order valence-corrected chi connectivity index (χ3v) is 5.68. The molecule has 1 amide bonds. The van der Waals surface area contributed by atoms with E-state index < -0.39 is 0 Å². The number of allylic oxidation sites excluding steroid dienone is 1. The van der Waals surface area contributed by atoms with Crippen molar-refractivity contribution in [2.24, 2.45) is 0 Å². The molecular formula is C22H25N3O. The quantitative estimate of drug-likeness (QED) is 0.878. The molecule has 2 atom stereocenters. The Bertz CT molecular complexity index is 902. The summed E-state index contributed by atoms with van der Waals surface area (Å²) in [5, 5.41) is 3.51. The first kappa shape index (κ1) is 16.8. The van der Waals surface area contributed by atoms with E-state index in [1.807, 2.05) is 29.4 Å². The number of carbonyl (C=O) groups excluding carboxylic acids is 1. The molecule has 0 saturated heterocycles. The highest BCUT2D eigenvalue weighted by Crippen LogP contribution is 2.43. The molecule has 4 rings (SSSR count). The van der Waals surface area contributed by atoms with E-state index in [-0.39, 0.29) is 18.0 Å². The number of benzene rings is 1. The number of nitrogens with zero attached hydrogens (tertiary/aromatic N) is 2. The van der Waals surface area contributed by atoms with Crippen molar-refractivity contribution in [2.45, 2.75) is 52.1 Å². The van der Waals surface area contributed by atoms with Crippen molar-refractivity contribution in [1.82, 2.24) is 10.3 Å². The Balaban J connectivity index is 1.73. The Morgan fingerprint density at radius 3 is 2.92 bits per heavy atom. The molecule has 0 saturated carbocycles. The van der Waals surface area contributed by atoms with Gasteiger partial charge in [0.05, 0.1) is 24.0 Å². The van der Waals surface area contributed by atoms with Gasteiger partial charge >= 0.3 is 0 Å². The first-order valence-electron chi connectivity index (χ1n) is 9.36. The van der Waals surface area contributed by atoms with Crippen LogP contribution in [0.15, 0.2) is 42.9 Å². The second kappa shape index (κ2) is 6.27. The molecule has 1 aliphatic carbocycles. The van der Waals surface area contributed by atoms with Gasteiger partial charge in [0.1, 0.15) is 0 Å². The maximum atomic E-state index is 13.1. The zero-order valence-electron chi connectivity index (χ0n) is 15.7. The third-order valence-electron chi connectivity index (χ3n) is 5.68. The molecule has 2 aliphatic rings. The van der Waals surface area contributed by atoms with Crippen LogP contribution < -0.4 is 10.2 Å². The van der Waals surface area contributed by atoms with Crippen LogP contribution in [0.1, 0.15) is 71.4 Å². The monoisotopic (exact) mass is 347 g/mol. The van der Waals surface area contributed by atoms with E-state index in [1.54, 1.807) is 0 Å². The van der Waals surface area contributed by atoms with Gasteiger partial charge in [-0.25, -0.2) is 0 Å². The average Bonchev–Trinajstić information content (AvgIpc) is 3.14. The second-order valence-electron chi connectivity index (χ2n) is 7.36. The number of aryl methyl sites for hydroxylation is 1. The summed E-state index contributed by atoms with van der Waals surface area (Å²) in [5.41, 5.74) is 7.55. The molecule has 134 valence electrons. The fourth-order valence-electron chi connectivity index (χ4n) is 4.20. The fourth-order valence-corrected chi connectivity index (χ4v) is 4.20. The number of aromatic nitrogens is 1. The van der Waals surface area contributed by atoms with Crippen molar-refractivity contribution < 1.29 is 4.79 Å². The van der Waals surface area contributed by atoms with Gasteiger partial charge in [0.25, 0.3) is 5.91 Å². The zero-order chi connectivity index (χ0) is 18.4. The molecule has 0 fully saturated rings. The number of anilines is 1. The number of fused-ring (bicyclic) bond motifs is 2. The molecule has 2 aromatic rings. The maximum Gasteiger partial charge on any atom is 0.259 e. The van der Waals surface area contributed by atoms with Crippen molar-refractivity contribution in [2.75, 3.05) is 4.90 Å². The molecule has 0 radical (unpaired) electrons. The van der Waals surface area contributed by atoms with Gasteiger partial charge in [0, 0.05) is 17.5 Å². The van der Waals surface area contributed by atoms with E-state index in [4.69, 9.17) is 0 Å². The molecule has 2 heterocycles. The van der Waals surface area contributed by atoms with E-state index in [2.05, 4.69) is 43.7 Å². The predicted octanol–water partition coefficient (Wildman–Crippen LogP) is 4.61. The summed E-state index contributed by atoms with van der Waals surface area (Å²) >= 11 is 0. The first-order valence-corrected chi connectivity index (χ1v) is 9.36. The summed E-state index contributed by atoms with van der Waals surface area (Å²) in [4.78, 5) is 19.5. The van der Waals surface area contributed by atoms with Gasteiger partial charge in [-0.3, -0.25) is 14.7 Å². The summed E-state index contributed by atoms with van der Waals surface area (Å²) in [7, 11) is 0. The van der Waals surface area contributed by atoms with Crippen LogP contribution in [0.25, 0.3) is 0 Å². The summed E-state index contributed by atoms with van der Waals surface area (Å²) in [6.45, 7) is 10.3. The van der Waals surface area contributed by atoms with Crippen molar-refractivity contribution in [3.05, 3.63) is 70.7 Å². The van der Waals surface area contributed by atoms with Crippen molar-refractivity contribution in [1.29, 1.82) is 0 Å². The number of hydrogen-bond acceptors (Lipinski definition) is 3. The lowest BCUT2D eigenvalue weighted by atomic mass is 10.0. The summed E-state index contributed by atoms with van der Waals surface area (Å²) in [5.74, 6) is 0.0806. The van der Waals surface area contributed by atoms with E-state index in [0.29, 0.717) is 0 Å². The number of nitrogens with one attached hydrogen (secondary N) is 1. The zero-order valence-corrected chi connectivity index (χ0v) is 15.7. The highest BCUT2D eigenvalue weighted by molar-refractivity contribution is 6.11. The van der Waals surface area contributed by atoms with Gasteiger partial charge in [0.2, 0.25) is 0 Å². The minimum absolute atomic E-state index is 0.0308. The minimum atomic E-state index is 0.0308. The predicted molar refractivity (Wildman–Crippen MR) is 104 cm³/mol. The second-order valence-corrected chi connectivity index (χ2v) is 7.36. The Morgan fingerprint density at radius 2 is 2.15 bits per heavy atom. The van der Waals surface area contributed by atoms with Crippen LogP contribution in [-0.2, 0) is 6.42 Å². The van der Waals surface area contributed by atoms with Crippen LogP contribution in [0.2, 0.25) is 0 Å². The Hall–Kier alpha value is -2.62. The van der Waals surface area contributed by atoms with Crippen molar-refractivity contribution >= 4 is 11.6 Å². The van der Waals surface area contributed by atoms with Gasteiger partial charge in [-0.05, 0) is 55.9 Å². The maximum absolute atomic E-state index is 13.1. The number of amides is 1. The number of carbonyl (C=O) groups is 1.